The van der Waals surface area contributed by atoms with E-state index in [9.17, 15) is 8.60 Å². The molecule has 2 rings (SSSR count). The Morgan fingerprint density at radius 2 is 1.67 bits per heavy atom. The van der Waals surface area contributed by atoms with Crippen LogP contribution in [-0.4, -0.2) is 4.21 Å². The summed E-state index contributed by atoms with van der Waals surface area (Å²) in [6.45, 7) is 2.02. The van der Waals surface area contributed by atoms with Crippen LogP contribution in [0.3, 0.4) is 0 Å². The van der Waals surface area contributed by atoms with Crippen molar-refractivity contribution >= 4 is 10.8 Å². The van der Waals surface area contributed by atoms with E-state index in [0.29, 0.717) is 11.5 Å². The highest BCUT2D eigenvalue weighted by Crippen LogP contribution is 2.11. The predicted octanol–water partition coefficient (Wildman–Crippen LogP) is 3.58. The van der Waals surface area contributed by atoms with E-state index in [4.69, 9.17) is 0 Å². The molecule has 2 aromatic carbocycles. The zero-order valence-electron chi connectivity index (χ0n) is 10.2. The number of rotatable bonds is 4. The number of aryl methyl sites for hydroxylation is 1. The topological polar surface area (TPSA) is 17.1 Å². The summed E-state index contributed by atoms with van der Waals surface area (Å²) in [5.41, 5.74) is 3.02. The van der Waals surface area contributed by atoms with E-state index in [1.807, 2.05) is 31.2 Å². The van der Waals surface area contributed by atoms with Gasteiger partial charge in [0.25, 0.3) is 0 Å². The molecular formula is C15H15FOS. The van der Waals surface area contributed by atoms with Crippen molar-refractivity contribution < 1.29 is 8.60 Å². The maximum Gasteiger partial charge on any atom is 0.123 e. The quantitative estimate of drug-likeness (QED) is 0.823. The van der Waals surface area contributed by atoms with E-state index >= 15 is 0 Å². The van der Waals surface area contributed by atoms with Crippen molar-refractivity contribution in [3.63, 3.8) is 0 Å². The van der Waals surface area contributed by atoms with Crippen molar-refractivity contribution in [1.82, 2.24) is 0 Å². The molecule has 0 heterocycles. The van der Waals surface area contributed by atoms with Gasteiger partial charge in [-0.15, -0.1) is 0 Å². The molecule has 0 saturated heterocycles. The van der Waals surface area contributed by atoms with E-state index in [-0.39, 0.29) is 5.82 Å². The van der Waals surface area contributed by atoms with Crippen molar-refractivity contribution in [3.05, 3.63) is 71.0 Å². The molecule has 0 amide bonds. The monoisotopic (exact) mass is 262 g/mol. The smallest absolute Gasteiger partial charge is 0.123 e. The molecule has 1 atom stereocenters. The van der Waals surface area contributed by atoms with Crippen molar-refractivity contribution in [3.8, 4) is 0 Å². The van der Waals surface area contributed by atoms with Gasteiger partial charge in [-0.25, -0.2) is 4.39 Å². The fourth-order valence-electron chi connectivity index (χ4n) is 1.73. The second kappa shape index (κ2) is 5.91. The molecule has 3 heteroatoms. The van der Waals surface area contributed by atoms with Gasteiger partial charge in [0.1, 0.15) is 5.82 Å². The number of halogens is 1. The molecule has 0 aromatic heterocycles. The summed E-state index contributed by atoms with van der Waals surface area (Å²) in [6.07, 6.45) is 0. The van der Waals surface area contributed by atoms with Gasteiger partial charge in [0.2, 0.25) is 0 Å². The van der Waals surface area contributed by atoms with Crippen LogP contribution in [0.2, 0.25) is 0 Å². The first-order valence-corrected chi connectivity index (χ1v) is 7.27. The maximum absolute atomic E-state index is 13.0. The molecule has 1 unspecified atom stereocenters. The molecule has 94 valence electrons. The summed E-state index contributed by atoms with van der Waals surface area (Å²) >= 11 is 0. The van der Waals surface area contributed by atoms with E-state index in [1.54, 1.807) is 12.1 Å². The standard InChI is InChI=1S/C15H15FOS/c1-12-5-7-13(8-6-12)10-18(17)11-14-3-2-4-15(16)9-14/h2-9H,10-11H2,1H3. The lowest BCUT2D eigenvalue weighted by atomic mass is 10.2. The molecule has 0 bridgehead atoms. The van der Waals surface area contributed by atoms with E-state index < -0.39 is 10.8 Å². The van der Waals surface area contributed by atoms with E-state index in [2.05, 4.69) is 0 Å². The van der Waals surface area contributed by atoms with Crippen molar-refractivity contribution in [2.75, 3.05) is 0 Å². The van der Waals surface area contributed by atoms with Crippen molar-refractivity contribution in [2.45, 2.75) is 18.4 Å². The minimum Gasteiger partial charge on any atom is -0.259 e. The molecule has 18 heavy (non-hydrogen) atoms. The van der Waals surface area contributed by atoms with Gasteiger partial charge in [-0.2, -0.15) is 0 Å². The first kappa shape index (κ1) is 13.0. The van der Waals surface area contributed by atoms with Crippen LogP contribution in [0.1, 0.15) is 16.7 Å². The molecular weight excluding hydrogens is 247 g/mol. The lowest BCUT2D eigenvalue weighted by Gasteiger charge is -2.04. The number of hydrogen-bond acceptors (Lipinski definition) is 1. The fraction of sp³-hybridized carbons (Fsp3) is 0.200. The number of benzene rings is 2. The zero-order valence-corrected chi connectivity index (χ0v) is 11.0. The van der Waals surface area contributed by atoms with Gasteiger partial charge in [-0.1, -0.05) is 42.0 Å². The lowest BCUT2D eigenvalue weighted by molar-refractivity contribution is 0.626. The van der Waals surface area contributed by atoms with Crippen LogP contribution in [0.5, 0.6) is 0 Å². The third-order valence-electron chi connectivity index (χ3n) is 2.66. The predicted molar refractivity (Wildman–Crippen MR) is 73.1 cm³/mol. The average Bonchev–Trinajstić information content (AvgIpc) is 2.32. The van der Waals surface area contributed by atoms with Crippen LogP contribution in [0.15, 0.2) is 48.5 Å². The third-order valence-corrected chi connectivity index (χ3v) is 3.98. The first-order chi connectivity index (χ1) is 8.63. The van der Waals surface area contributed by atoms with Crippen LogP contribution in [0, 0.1) is 12.7 Å². The highest BCUT2D eigenvalue weighted by molar-refractivity contribution is 7.83. The molecule has 2 aromatic rings. The Hall–Kier alpha value is -1.48. The Morgan fingerprint density at radius 1 is 1.00 bits per heavy atom. The Balaban J connectivity index is 1.98. The Labute approximate surface area is 109 Å². The molecule has 0 fully saturated rings. The summed E-state index contributed by atoms with van der Waals surface area (Å²) in [4.78, 5) is 0. The van der Waals surface area contributed by atoms with Gasteiger partial charge in [0, 0.05) is 22.3 Å². The third kappa shape index (κ3) is 3.77. The average molecular weight is 262 g/mol. The Bertz CT molecular complexity index is 549. The molecule has 0 aliphatic rings. The van der Waals surface area contributed by atoms with Gasteiger partial charge in [-0.3, -0.25) is 4.21 Å². The number of hydrogen-bond donors (Lipinski definition) is 0. The van der Waals surface area contributed by atoms with Gasteiger partial charge in [0.15, 0.2) is 0 Å². The SMILES string of the molecule is Cc1ccc(CS(=O)Cc2cccc(F)c2)cc1. The minimum absolute atomic E-state index is 0.278. The van der Waals surface area contributed by atoms with Gasteiger partial charge >= 0.3 is 0 Å². The Kier molecular flexibility index (Phi) is 4.26. The van der Waals surface area contributed by atoms with Crippen LogP contribution in [-0.2, 0) is 22.3 Å². The summed E-state index contributed by atoms with van der Waals surface area (Å²) in [5, 5.41) is 0. The normalized spacial score (nSPS) is 12.3. The molecule has 0 aliphatic carbocycles. The second-order valence-corrected chi connectivity index (χ2v) is 5.80. The van der Waals surface area contributed by atoms with Gasteiger partial charge < -0.3 is 0 Å². The van der Waals surface area contributed by atoms with Gasteiger partial charge in [-0.05, 0) is 30.2 Å². The van der Waals surface area contributed by atoms with Crippen LogP contribution >= 0.6 is 0 Å². The lowest BCUT2D eigenvalue weighted by Crippen LogP contribution is -1.99. The summed E-state index contributed by atoms with van der Waals surface area (Å²) in [6, 6.07) is 14.3. The second-order valence-electron chi connectivity index (χ2n) is 4.34. The summed E-state index contributed by atoms with van der Waals surface area (Å²) < 4.78 is 25.0. The molecule has 0 saturated carbocycles. The largest absolute Gasteiger partial charge is 0.259 e. The molecule has 0 N–H and O–H groups in total. The molecule has 0 spiro atoms. The molecule has 1 nitrogen and oxygen atoms in total. The minimum atomic E-state index is -1.00. The Morgan fingerprint density at radius 3 is 2.33 bits per heavy atom. The van der Waals surface area contributed by atoms with Crippen molar-refractivity contribution in [2.24, 2.45) is 0 Å². The summed E-state index contributed by atoms with van der Waals surface area (Å²) in [5.74, 6) is 0.627. The van der Waals surface area contributed by atoms with Gasteiger partial charge in [0.05, 0.1) is 0 Å². The fourth-order valence-corrected chi connectivity index (χ4v) is 2.95. The van der Waals surface area contributed by atoms with Crippen LogP contribution in [0.4, 0.5) is 4.39 Å². The molecule has 0 radical (unpaired) electrons. The molecule has 0 aliphatic heterocycles. The first-order valence-electron chi connectivity index (χ1n) is 5.78. The zero-order chi connectivity index (χ0) is 13.0. The highest BCUT2D eigenvalue weighted by atomic mass is 32.2. The van der Waals surface area contributed by atoms with E-state index in [1.165, 1.54) is 17.7 Å². The van der Waals surface area contributed by atoms with Crippen LogP contribution in [0.25, 0.3) is 0 Å². The van der Waals surface area contributed by atoms with Crippen LogP contribution < -0.4 is 0 Å². The maximum atomic E-state index is 13.0. The van der Waals surface area contributed by atoms with E-state index in [0.717, 1.165) is 11.1 Å². The highest BCUT2D eigenvalue weighted by Gasteiger charge is 2.04. The summed E-state index contributed by atoms with van der Waals surface area (Å²) in [7, 11) is -1.00. The van der Waals surface area contributed by atoms with Crippen molar-refractivity contribution in [1.29, 1.82) is 0 Å².